The van der Waals surface area contributed by atoms with Gasteiger partial charge in [0.15, 0.2) is 0 Å². The monoisotopic (exact) mass is 318 g/mol. The van der Waals surface area contributed by atoms with Crippen LogP contribution >= 0.6 is 31.9 Å². The molecule has 0 amide bonds. The molecule has 14 heavy (non-hydrogen) atoms. The normalized spacial score (nSPS) is 21.6. The van der Waals surface area contributed by atoms with Crippen molar-refractivity contribution >= 4 is 37.7 Å². The maximum Gasteiger partial charge on any atom is 0.142 e. The fraction of sp³-hybridized carbons (Fsp3) is 0.500. The molecule has 2 rings (SSSR count). The summed E-state index contributed by atoms with van der Waals surface area (Å²) in [5.41, 5.74) is 0. The second-order valence-corrected chi connectivity index (χ2v) is 5.07. The maximum atomic E-state index is 4.39. The number of hydrogen-bond donors (Lipinski definition) is 0. The van der Waals surface area contributed by atoms with Gasteiger partial charge in [0.1, 0.15) is 5.82 Å². The Morgan fingerprint density at radius 3 is 3.07 bits per heavy atom. The van der Waals surface area contributed by atoms with Crippen LogP contribution in [0.1, 0.15) is 6.42 Å². The van der Waals surface area contributed by atoms with E-state index in [0.29, 0.717) is 0 Å². The van der Waals surface area contributed by atoms with Gasteiger partial charge in [-0.2, -0.15) is 0 Å². The Kier molecular flexibility index (Phi) is 3.44. The largest absolute Gasteiger partial charge is 0.355 e. The van der Waals surface area contributed by atoms with Crippen LogP contribution in [-0.2, 0) is 0 Å². The van der Waals surface area contributed by atoms with E-state index in [9.17, 15) is 0 Å². The van der Waals surface area contributed by atoms with E-state index in [2.05, 4.69) is 41.7 Å². The van der Waals surface area contributed by atoms with Crippen LogP contribution in [0.4, 0.5) is 5.82 Å². The van der Waals surface area contributed by atoms with Gasteiger partial charge < -0.3 is 4.90 Å². The summed E-state index contributed by atoms with van der Waals surface area (Å²) in [7, 11) is 0. The van der Waals surface area contributed by atoms with Crippen LogP contribution in [0.25, 0.3) is 0 Å². The Morgan fingerprint density at radius 2 is 2.43 bits per heavy atom. The van der Waals surface area contributed by atoms with Gasteiger partial charge in [0.25, 0.3) is 0 Å². The van der Waals surface area contributed by atoms with Crippen molar-refractivity contribution in [2.45, 2.75) is 6.42 Å². The lowest BCUT2D eigenvalue weighted by molar-refractivity contribution is 0.675. The highest BCUT2D eigenvalue weighted by Crippen LogP contribution is 2.28. The first-order chi connectivity index (χ1) is 6.81. The Hall–Kier alpha value is -0.0900. The third-order valence-corrected chi connectivity index (χ3v) is 4.08. The molecule has 0 N–H and O–H groups in total. The molecule has 1 aromatic heterocycles. The van der Waals surface area contributed by atoms with E-state index in [1.165, 1.54) is 6.42 Å². The number of nitrogens with zero attached hydrogens (tertiary/aromatic N) is 2. The molecule has 0 saturated carbocycles. The summed E-state index contributed by atoms with van der Waals surface area (Å²) in [6.45, 7) is 2.23. The molecule has 1 saturated heterocycles. The van der Waals surface area contributed by atoms with E-state index in [4.69, 9.17) is 0 Å². The summed E-state index contributed by atoms with van der Waals surface area (Å²) in [5, 5.41) is 1.09. The first-order valence-electron chi connectivity index (χ1n) is 4.72. The molecule has 4 heteroatoms. The predicted octanol–water partition coefficient (Wildman–Crippen LogP) is 3.07. The molecule has 76 valence electrons. The van der Waals surface area contributed by atoms with Crippen LogP contribution in [0.2, 0.25) is 0 Å². The fourth-order valence-electron chi connectivity index (χ4n) is 1.76. The van der Waals surface area contributed by atoms with Gasteiger partial charge in [-0.3, -0.25) is 0 Å². The molecule has 1 fully saturated rings. The molecule has 1 unspecified atom stereocenters. The van der Waals surface area contributed by atoms with Crippen LogP contribution in [0.5, 0.6) is 0 Å². The first kappa shape index (κ1) is 10.4. The molecule has 0 spiro atoms. The van der Waals surface area contributed by atoms with Gasteiger partial charge >= 0.3 is 0 Å². The molecule has 1 aromatic rings. The highest BCUT2D eigenvalue weighted by Gasteiger charge is 2.23. The van der Waals surface area contributed by atoms with Gasteiger partial charge in [0, 0.05) is 24.6 Å². The summed E-state index contributed by atoms with van der Waals surface area (Å²) in [4.78, 5) is 6.74. The molecular formula is C10H12Br2N2. The van der Waals surface area contributed by atoms with E-state index in [-0.39, 0.29) is 0 Å². The minimum absolute atomic E-state index is 0.768. The van der Waals surface area contributed by atoms with Crippen LogP contribution < -0.4 is 4.90 Å². The van der Waals surface area contributed by atoms with E-state index in [0.717, 1.165) is 34.6 Å². The number of aromatic nitrogens is 1. The average Bonchev–Trinajstić information content (AvgIpc) is 2.67. The van der Waals surface area contributed by atoms with Gasteiger partial charge in [-0.25, -0.2) is 4.98 Å². The molecule has 1 atom stereocenters. The third kappa shape index (κ3) is 2.11. The zero-order valence-corrected chi connectivity index (χ0v) is 11.0. The summed E-state index contributed by atoms with van der Waals surface area (Å²) >= 11 is 7.07. The van der Waals surface area contributed by atoms with E-state index in [1.54, 1.807) is 0 Å². The molecule has 2 nitrogen and oxygen atoms in total. The molecule has 0 radical (unpaired) electrons. The Bertz CT molecular complexity index is 317. The van der Waals surface area contributed by atoms with Crippen molar-refractivity contribution in [2.75, 3.05) is 23.3 Å². The number of rotatable bonds is 2. The molecule has 1 aliphatic rings. The first-order valence-corrected chi connectivity index (χ1v) is 6.64. The predicted molar refractivity (Wildman–Crippen MR) is 66.1 cm³/mol. The molecule has 2 heterocycles. The third-order valence-electron chi connectivity index (χ3n) is 2.54. The summed E-state index contributed by atoms with van der Waals surface area (Å²) < 4.78 is 1.09. The number of alkyl halides is 1. The summed E-state index contributed by atoms with van der Waals surface area (Å²) in [5.74, 6) is 1.85. The molecule has 1 aliphatic heterocycles. The Balaban J connectivity index is 2.13. The van der Waals surface area contributed by atoms with Crippen LogP contribution in [0.15, 0.2) is 22.8 Å². The Labute approximate surface area is 101 Å². The van der Waals surface area contributed by atoms with Crippen molar-refractivity contribution < 1.29 is 0 Å². The number of anilines is 1. The number of pyridine rings is 1. The van der Waals surface area contributed by atoms with Crippen LogP contribution in [0.3, 0.4) is 0 Å². The Morgan fingerprint density at radius 1 is 1.57 bits per heavy atom. The number of halogens is 2. The van der Waals surface area contributed by atoms with Crippen LogP contribution in [0, 0.1) is 5.92 Å². The van der Waals surface area contributed by atoms with Gasteiger partial charge in [-0.05, 0) is 40.4 Å². The summed E-state index contributed by atoms with van der Waals surface area (Å²) in [6, 6.07) is 4.00. The van der Waals surface area contributed by atoms with Crippen molar-refractivity contribution in [3.63, 3.8) is 0 Å². The highest BCUT2D eigenvalue weighted by atomic mass is 79.9. The molecule has 0 bridgehead atoms. The van der Waals surface area contributed by atoms with E-state index < -0.39 is 0 Å². The van der Waals surface area contributed by atoms with Crippen LogP contribution in [-0.4, -0.2) is 23.4 Å². The second-order valence-electron chi connectivity index (χ2n) is 3.56. The highest BCUT2D eigenvalue weighted by molar-refractivity contribution is 9.10. The minimum Gasteiger partial charge on any atom is -0.355 e. The summed E-state index contributed by atoms with van der Waals surface area (Å²) in [6.07, 6.45) is 3.11. The fourth-order valence-corrected chi connectivity index (χ4v) is 2.80. The van der Waals surface area contributed by atoms with Crippen molar-refractivity contribution in [2.24, 2.45) is 5.92 Å². The van der Waals surface area contributed by atoms with E-state index >= 15 is 0 Å². The molecular weight excluding hydrogens is 308 g/mol. The molecule has 0 aliphatic carbocycles. The smallest absolute Gasteiger partial charge is 0.142 e. The standard InChI is InChI=1S/C10H12Br2N2/c11-6-8-3-5-14(7-8)10-9(12)2-1-4-13-10/h1-2,4,8H,3,5-7H2. The van der Waals surface area contributed by atoms with Gasteiger partial charge in [0.05, 0.1) is 4.47 Å². The lowest BCUT2D eigenvalue weighted by Gasteiger charge is -2.18. The lowest BCUT2D eigenvalue weighted by atomic mass is 10.2. The zero-order chi connectivity index (χ0) is 9.97. The minimum atomic E-state index is 0.768. The maximum absolute atomic E-state index is 4.39. The molecule has 0 aromatic carbocycles. The zero-order valence-electron chi connectivity index (χ0n) is 7.79. The van der Waals surface area contributed by atoms with Gasteiger partial charge in [-0.15, -0.1) is 0 Å². The average molecular weight is 320 g/mol. The van der Waals surface area contributed by atoms with Crippen molar-refractivity contribution in [1.82, 2.24) is 4.98 Å². The SMILES string of the molecule is BrCC1CCN(c2ncccc2Br)C1. The van der Waals surface area contributed by atoms with Crippen molar-refractivity contribution in [3.05, 3.63) is 22.8 Å². The quantitative estimate of drug-likeness (QED) is 0.779. The topological polar surface area (TPSA) is 16.1 Å². The van der Waals surface area contributed by atoms with Crippen molar-refractivity contribution in [1.29, 1.82) is 0 Å². The van der Waals surface area contributed by atoms with E-state index in [1.807, 2.05) is 18.3 Å². The second kappa shape index (κ2) is 4.62. The number of hydrogen-bond acceptors (Lipinski definition) is 2. The van der Waals surface area contributed by atoms with Gasteiger partial charge in [0.2, 0.25) is 0 Å². The lowest BCUT2D eigenvalue weighted by Crippen LogP contribution is -2.21. The van der Waals surface area contributed by atoms with Gasteiger partial charge in [-0.1, -0.05) is 15.9 Å². The van der Waals surface area contributed by atoms with Crippen molar-refractivity contribution in [3.8, 4) is 0 Å².